The lowest BCUT2D eigenvalue weighted by molar-refractivity contribution is -0.137. The van der Waals surface area contributed by atoms with Crippen LogP contribution in [0.2, 0.25) is 0 Å². The summed E-state index contributed by atoms with van der Waals surface area (Å²) in [5, 5.41) is 0. The van der Waals surface area contributed by atoms with Gasteiger partial charge in [0.1, 0.15) is 0 Å². The molecule has 1 aromatic carbocycles. The monoisotopic (exact) mass is 253 g/mol. The molecule has 1 aromatic rings. The fourth-order valence-electron chi connectivity index (χ4n) is 1.10. The number of ether oxygens (including phenoxy) is 1. The fraction of sp³-hybridized carbons (Fsp3) is 0.154. The first-order valence-corrected chi connectivity index (χ1v) is 5.09. The first-order chi connectivity index (χ1) is 7.72. The maximum absolute atomic E-state index is 10.9. The predicted octanol–water partition coefficient (Wildman–Crippen LogP) is 2.82. The number of nitrogen functional groups attached to an aromatic ring is 1. The summed E-state index contributed by atoms with van der Waals surface area (Å²) in [6.45, 7) is 2.17. The lowest BCUT2D eigenvalue weighted by atomic mass is 10.2. The molecule has 0 bridgehead atoms. The molecule has 3 nitrogen and oxygen atoms in total. The first kappa shape index (κ1) is 15.3. The van der Waals surface area contributed by atoms with Crippen LogP contribution in [0.4, 0.5) is 5.69 Å². The van der Waals surface area contributed by atoms with E-state index in [-0.39, 0.29) is 18.4 Å². The molecule has 92 valence electrons. The van der Waals surface area contributed by atoms with Gasteiger partial charge in [-0.05, 0) is 24.6 Å². The zero-order chi connectivity index (χ0) is 11.8. The van der Waals surface area contributed by atoms with Crippen molar-refractivity contribution in [2.45, 2.75) is 6.92 Å². The van der Waals surface area contributed by atoms with Crippen LogP contribution in [-0.4, -0.2) is 12.6 Å². The number of carbonyl (C=O) groups excluding carboxylic acids is 1. The third kappa shape index (κ3) is 6.43. The van der Waals surface area contributed by atoms with Gasteiger partial charge in [0.2, 0.25) is 0 Å². The van der Waals surface area contributed by atoms with Crippen molar-refractivity contribution >= 4 is 30.1 Å². The Kier molecular flexibility index (Phi) is 7.55. The van der Waals surface area contributed by atoms with Crippen molar-refractivity contribution in [2.24, 2.45) is 0 Å². The van der Waals surface area contributed by atoms with E-state index in [0.29, 0.717) is 6.61 Å². The third-order valence-corrected chi connectivity index (χ3v) is 1.86. The molecule has 17 heavy (non-hydrogen) atoms. The Morgan fingerprint density at radius 3 is 2.53 bits per heavy atom. The molecule has 0 saturated heterocycles. The van der Waals surface area contributed by atoms with Crippen LogP contribution in [0.3, 0.4) is 0 Å². The average molecular weight is 254 g/mol. The fourth-order valence-corrected chi connectivity index (χ4v) is 1.10. The minimum atomic E-state index is -0.329. The van der Waals surface area contributed by atoms with Gasteiger partial charge in [-0.3, -0.25) is 0 Å². The normalized spacial score (nSPS) is 10.4. The molecule has 0 atom stereocenters. The molecule has 0 heterocycles. The van der Waals surface area contributed by atoms with E-state index < -0.39 is 0 Å². The van der Waals surface area contributed by atoms with Gasteiger partial charge in [0, 0.05) is 11.8 Å². The summed E-state index contributed by atoms with van der Waals surface area (Å²) in [5.74, 6) is -0.329. The van der Waals surface area contributed by atoms with Crippen molar-refractivity contribution in [3.8, 4) is 0 Å². The molecule has 1 rings (SSSR count). The van der Waals surface area contributed by atoms with Crippen molar-refractivity contribution in [3.63, 3.8) is 0 Å². The van der Waals surface area contributed by atoms with E-state index in [2.05, 4.69) is 0 Å². The lowest BCUT2D eigenvalue weighted by Gasteiger charge is -1.94. The van der Waals surface area contributed by atoms with E-state index in [1.54, 1.807) is 19.1 Å². The molecule has 2 N–H and O–H groups in total. The third-order valence-electron chi connectivity index (χ3n) is 1.86. The van der Waals surface area contributed by atoms with Gasteiger partial charge in [0.05, 0.1) is 6.61 Å². The largest absolute Gasteiger partial charge is 0.463 e. The topological polar surface area (TPSA) is 52.3 Å². The van der Waals surface area contributed by atoms with E-state index in [0.717, 1.165) is 11.3 Å². The summed E-state index contributed by atoms with van der Waals surface area (Å²) < 4.78 is 4.73. The molecule has 0 aliphatic carbocycles. The van der Waals surface area contributed by atoms with E-state index >= 15 is 0 Å². The minimum Gasteiger partial charge on any atom is -0.463 e. The summed E-state index contributed by atoms with van der Waals surface area (Å²) in [4.78, 5) is 10.9. The first-order valence-electron chi connectivity index (χ1n) is 5.09. The van der Waals surface area contributed by atoms with E-state index in [4.69, 9.17) is 10.5 Å². The molecular weight excluding hydrogens is 238 g/mol. The number of esters is 1. The maximum atomic E-state index is 10.9. The van der Waals surface area contributed by atoms with Crippen LogP contribution in [0.1, 0.15) is 12.5 Å². The number of nitrogens with two attached hydrogens (primary N) is 1. The molecule has 0 amide bonds. The van der Waals surface area contributed by atoms with Crippen molar-refractivity contribution < 1.29 is 9.53 Å². The van der Waals surface area contributed by atoms with Crippen molar-refractivity contribution in [1.29, 1.82) is 0 Å². The van der Waals surface area contributed by atoms with Gasteiger partial charge in [0.15, 0.2) is 0 Å². The van der Waals surface area contributed by atoms with Crippen LogP contribution in [-0.2, 0) is 9.53 Å². The maximum Gasteiger partial charge on any atom is 0.330 e. The van der Waals surface area contributed by atoms with Gasteiger partial charge in [-0.1, -0.05) is 30.4 Å². The Balaban J connectivity index is 0.00000256. The Morgan fingerprint density at radius 1 is 1.29 bits per heavy atom. The Labute approximate surface area is 107 Å². The molecule has 0 spiro atoms. The molecule has 0 aliphatic heterocycles. The molecule has 0 aliphatic rings. The highest BCUT2D eigenvalue weighted by atomic mass is 35.5. The van der Waals surface area contributed by atoms with Gasteiger partial charge in [-0.25, -0.2) is 4.79 Å². The lowest BCUT2D eigenvalue weighted by Crippen LogP contribution is -1.98. The molecule has 0 fully saturated rings. The number of allylic oxidation sites excluding steroid dienone is 2. The van der Waals surface area contributed by atoms with Crippen LogP contribution in [0.25, 0.3) is 6.08 Å². The molecule has 0 aromatic heterocycles. The van der Waals surface area contributed by atoms with Crippen LogP contribution >= 0.6 is 12.4 Å². The van der Waals surface area contributed by atoms with Gasteiger partial charge in [-0.2, -0.15) is 0 Å². The van der Waals surface area contributed by atoms with Gasteiger partial charge >= 0.3 is 5.97 Å². The molecular formula is C13H16ClNO2. The second kappa shape index (κ2) is 8.42. The highest BCUT2D eigenvalue weighted by Crippen LogP contribution is 2.06. The second-order valence-corrected chi connectivity index (χ2v) is 3.14. The Bertz CT molecular complexity index is 396. The second-order valence-electron chi connectivity index (χ2n) is 3.14. The predicted molar refractivity (Wildman–Crippen MR) is 72.9 cm³/mol. The zero-order valence-electron chi connectivity index (χ0n) is 9.63. The van der Waals surface area contributed by atoms with Crippen molar-refractivity contribution in [3.05, 3.63) is 48.1 Å². The number of anilines is 1. The van der Waals surface area contributed by atoms with Gasteiger partial charge < -0.3 is 10.5 Å². The van der Waals surface area contributed by atoms with E-state index in [1.165, 1.54) is 6.08 Å². The highest BCUT2D eigenvalue weighted by molar-refractivity contribution is 5.85. The van der Waals surface area contributed by atoms with Crippen molar-refractivity contribution in [1.82, 2.24) is 0 Å². The standard InChI is InChI=1S/C13H15NO2.ClH/c1-2-16-13(15)6-4-3-5-11-7-9-12(14)10-8-11;/h3-10H,2,14H2,1H3;1H. The summed E-state index contributed by atoms with van der Waals surface area (Å²) in [7, 11) is 0. The Morgan fingerprint density at radius 2 is 1.94 bits per heavy atom. The zero-order valence-corrected chi connectivity index (χ0v) is 10.4. The number of hydrogen-bond donors (Lipinski definition) is 1. The van der Waals surface area contributed by atoms with Crippen LogP contribution < -0.4 is 5.73 Å². The number of halogens is 1. The van der Waals surface area contributed by atoms with Crippen LogP contribution in [0, 0.1) is 0 Å². The number of rotatable bonds is 4. The SMILES string of the molecule is CCOC(=O)C=CC=Cc1ccc(N)cc1.Cl. The smallest absolute Gasteiger partial charge is 0.330 e. The van der Waals surface area contributed by atoms with Gasteiger partial charge in [-0.15, -0.1) is 12.4 Å². The van der Waals surface area contributed by atoms with Gasteiger partial charge in [0.25, 0.3) is 0 Å². The minimum absolute atomic E-state index is 0. The highest BCUT2D eigenvalue weighted by Gasteiger charge is 1.90. The van der Waals surface area contributed by atoms with Crippen LogP contribution in [0.5, 0.6) is 0 Å². The summed E-state index contributed by atoms with van der Waals surface area (Å²) >= 11 is 0. The summed E-state index contributed by atoms with van der Waals surface area (Å²) in [5.41, 5.74) is 7.32. The van der Waals surface area contributed by atoms with Crippen LogP contribution in [0.15, 0.2) is 42.5 Å². The average Bonchev–Trinajstić information content (AvgIpc) is 2.27. The number of benzene rings is 1. The summed E-state index contributed by atoms with van der Waals surface area (Å²) in [6.07, 6.45) is 6.70. The molecule has 0 unspecified atom stereocenters. The number of hydrogen-bond acceptors (Lipinski definition) is 3. The summed E-state index contributed by atoms with van der Waals surface area (Å²) in [6, 6.07) is 7.47. The van der Waals surface area contributed by atoms with Crippen molar-refractivity contribution in [2.75, 3.05) is 12.3 Å². The van der Waals surface area contributed by atoms with E-state index in [1.807, 2.05) is 30.3 Å². The van der Waals surface area contributed by atoms with E-state index in [9.17, 15) is 4.79 Å². The molecule has 4 heteroatoms. The molecule has 0 saturated carbocycles. The molecule has 0 radical (unpaired) electrons. The Hall–Kier alpha value is -1.74. The quantitative estimate of drug-likeness (QED) is 0.389. The number of carbonyl (C=O) groups is 1.